The topological polar surface area (TPSA) is 105 Å². The number of nitro groups is 1. The van der Waals surface area contributed by atoms with Crippen LogP contribution in [0.15, 0.2) is 35.1 Å². The van der Waals surface area contributed by atoms with E-state index in [0.29, 0.717) is 5.56 Å². The molecule has 1 aromatic heterocycles. The summed E-state index contributed by atoms with van der Waals surface area (Å²) in [5, 5.41) is 21.9. The molecular formula is C15H12FN2O5-. The first kappa shape index (κ1) is 16.3. The van der Waals surface area contributed by atoms with Crippen LogP contribution in [0.1, 0.15) is 16.8 Å². The van der Waals surface area contributed by atoms with Gasteiger partial charge in [0.2, 0.25) is 0 Å². The lowest BCUT2D eigenvalue weighted by Gasteiger charge is -2.13. The van der Waals surface area contributed by atoms with Crippen molar-refractivity contribution in [3.63, 3.8) is 0 Å². The first-order valence-electron chi connectivity index (χ1n) is 6.61. The predicted octanol–water partition coefficient (Wildman–Crippen LogP) is 0.545. The van der Waals surface area contributed by atoms with E-state index in [1.165, 1.54) is 37.3 Å². The fourth-order valence-corrected chi connectivity index (χ4v) is 2.30. The van der Waals surface area contributed by atoms with Crippen molar-refractivity contribution in [2.75, 3.05) is 0 Å². The molecule has 0 fully saturated rings. The summed E-state index contributed by atoms with van der Waals surface area (Å²) in [4.78, 5) is 33.3. The molecule has 0 spiro atoms. The van der Waals surface area contributed by atoms with Gasteiger partial charge in [-0.1, -0.05) is 12.1 Å². The van der Waals surface area contributed by atoms with E-state index in [2.05, 4.69) is 0 Å². The Morgan fingerprint density at radius 3 is 2.43 bits per heavy atom. The van der Waals surface area contributed by atoms with Crippen LogP contribution in [0.4, 0.5) is 10.1 Å². The molecule has 1 heterocycles. The zero-order valence-electron chi connectivity index (χ0n) is 12.1. The lowest BCUT2D eigenvalue weighted by molar-refractivity contribution is -0.387. The lowest BCUT2D eigenvalue weighted by atomic mass is 10.0. The predicted molar refractivity (Wildman–Crippen MR) is 76.3 cm³/mol. The number of carbonyl (C=O) groups is 1. The quantitative estimate of drug-likeness (QED) is 0.591. The minimum absolute atomic E-state index is 0.0544. The second-order valence-electron chi connectivity index (χ2n) is 4.98. The summed E-state index contributed by atoms with van der Waals surface area (Å²) in [6.07, 6.45) is 0.0544. The molecule has 23 heavy (non-hydrogen) atoms. The van der Waals surface area contributed by atoms with Crippen LogP contribution in [0.25, 0.3) is 0 Å². The van der Waals surface area contributed by atoms with Crippen LogP contribution in [-0.2, 0) is 17.8 Å². The number of nitrogens with zero attached hydrogens (tertiary/aromatic N) is 2. The Morgan fingerprint density at radius 2 is 1.91 bits per heavy atom. The number of carbonyl (C=O) groups excluding carboxylic acids is 1. The SMILES string of the molecule is Cc1cc(Cc2ccc(F)cc2)c([N+](=O)[O-])c(=O)n1CC(=O)[O-]. The van der Waals surface area contributed by atoms with Crippen molar-refractivity contribution < 1.29 is 19.2 Å². The van der Waals surface area contributed by atoms with Crippen molar-refractivity contribution in [1.82, 2.24) is 4.57 Å². The smallest absolute Gasteiger partial charge is 0.337 e. The van der Waals surface area contributed by atoms with Gasteiger partial charge in [-0.3, -0.25) is 14.9 Å². The van der Waals surface area contributed by atoms with Gasteiger partial charge in [-0.2, -0.15) is 0 Å². The zero-order valence-corrected chi connectivity index (χ0v) is 12.1. The van der Waals surface area contributed by atoms with Gasteiger partial charge in [0, 0.05) is 17.7 Å². The number of benzene rings is 1. The molecule has 0 atom stereocenters. The summed E-state index contributed by atoms with van der Waals surface area (Å²) in [6, 6.07) is 6.73. The Hall–Kier alpha value is -3.03. The van der Waals surface area contributed by atoms with E-state index < -0.39 is 34.5 Å². The molecule has 0 saturated heterocycles. The number of aromatic nitrogens is 1. The van der Waals surface area contributed by atoms with Gasteiger partial charge in [0.05, 0.1) is 17.4 Å². The maximum Gasteiger partial charge on any atom is 0.337 e. The fraction of sp³-hybridized carbons (Fsp3) is 0.200. The molecule has 7 nitrogen and oxygen atoms in total. The molecule has 2 aromatic rings. The number of carboxylic acid groups (broad SMARTS) is 1. The Kier molecular flexibility index (Phi) is 4.54. The van der Waals surface area contributed by atoms with Crippen molar-refractivity contribution in [3.8, 4) is 0 Å². The monoisotopic (exact) mass is 319 g/mol. The maximum atomic E-state index is 12.9. The van der Waals surface area contributed by atoms with Crippen molar-refractivity contribution >= 4 is 11.7 Å². The van der Waals surface area contributed by atoms with E-state index >= 15 is 0 Å². The number of halogens is 1. The summed E-state index contributed by atoms with van der Waals surface area (Å²) in [5.41, 5.74) is -0.705. The normalized spacial score (nSPS) is 10.5. The van der Waals surface area contributed by atoms with Gasteiger partial charge >= 0.3 is 11.2 Å². The second kappa shape index (κ2) is 6.39. The van der Waals surface area contributed by atoms with Crippen LogP contribution >= 0.6 is 0 Å². The highest BCUT2D eigenvalue weighted by atomic mass is 19.1. The summed E-state index contributed by atoms with van der Waals surface area (Å²) >= 11 is 0. The summed E-state index contributed by atoms with van der Waals surface area (Å²) in [6.45, 7) is 0.713. The molecule has 0 bridgehead atoms. The molecule has 0 aliphatic carbocycles. The standard InChI is InChI=1S/C15H13FN2O5/c1-9-6-11(7-10-2-4-12(16)5-3-10)14(18(22)23)15(21)17(9)8-13(19)20/h2-6H,7-8H2,1H3,(H,19,20)/p-1. The average Bonchev–Trinajstić information content (AvgIpc) is 2.45. The molecule has 0 unspecified atom stereocenters. The first-order valence-corrected chi connectivity index (χ1v) is 6.61. The Balaban J connectivity index is 2.55. The minimum atomic E-state index is -1.52. The number of pyridine rings is 1. The zero-order chi connectivity index (χ0) is 17.1. The Bertz CT molecular complexity index is 827. The highest BCUT2D eigenvalue weighted by Crippen LogP contribution is 2.19. The van der Waals surface area contributed by atoms with Gasteiger partial charge in [0.15, 0.2) is 0 Å². The molecular weight excluding hydrogens is 307 g/mol. The van der Waals surface area contributed by atoms with Crippen molar-refractivity contribution in [2.45, 2.75) is 19.9 Å². The van der Waals surface area contributed by atoms with E-state index in [4.69, 9.17) is 0 Å². The molecule has 0 N–H and O–H groups in total. The highest BCUT2D eigenvalue weighted by Gasteiger charge is 2.23. The Morgan fingerprint density at radius 1 is 1.30 bits per heavy atom. The highest BCUT2D eigenvalue weighted by molar-refractivity contribution is 5.64. The van der Waals surface area contributed by atoms with E-state index in [1.54, 1.807) is 0 Å². The molecule has 0 radical (unpaired) electrons. The van der Waals surface area contributed by atoms with Gasteiger partial charge in [-0.25, -0.2) is 4.39 Å². The number of carboxylic acids is 1. The number of hydrogen-bond acceptors (Lipinski definition) is 5. The van der Waals surface area contributed by atoms with Crippen LogP contribution in [0.2, 0.25) is 0 Å². The van der Waals surface area contributed by atoms with Crippen LogP contribution in [0, 0.1) is 22.9 Å². The summed E-state index contributed by atoms with van der Waals surface area (Å²) in [5.74, 6) is -1.96. The number of aryl methyl sites for hydroxylation is 1. The molecule has 1 aromatic carbocycles. The number of rotatable bonds is 5. The third-order valence-corrected chi connectivity index (χ3v) is 3.34. The molecule has 8 heteroatoms. The van der Waals surface area contributed by atoms with E-state index in [-0.39, 0.29) is 17.7 Å². The third-order valence-electron chi connectivity index (χ3n) is 3.34. The first-order chi connectivity index (χ1) is 10.8. The van der Waals surface area contributed by atoms with E-state index in [9.17, 15) is 29.2 Å². The van der Waals surface area contributed by atoms with Crippen molar-refractivity contribution in [2.24, 2.45) is 0 Å². The van der Waals surface area contributed by atoms with Crippen LogP contribution in [-0.4, -0.2) is 15.5 Å². The summed E-state index contributed by atoms with van der Waals surface area (Å²) in [7, 11) is 0. The van der Waals surface area contributed by atoms with Crippen LogP contribution in [0.3, 0.4) is 0 Å². The van der Waals surface area contributed by atoms with E-state index in [0.717, 1.165) is 4.57 Å². The van der Waals surface area contributed by atoms with Gasteiger partial charge in [-0.05, 0) is 30.7 Å². The molecule has 2 rings (SSSR count). The second-order valence-corrected chi connectivity index (χ2v) is 4.98. The molecule has 120 valence electrons. The van der Waals surface area contributed by atoms with Crippen LogP contribution < -0.4 is 10.7 Å². The average molecular weight is 319 g/mol. The number of hydrogen-bond donors (Lipinski definition) is 0. The lowest BCUT2D eigenvalue weighted by Crippen LogP contribution is -2.35. The molecule has 0 saturated carbocycles. The van der Waals surface area contributed by atoms with Gasteiger partial charge < -0.3 is 14.5 Å². The fourth-order valence-electron chi connectivity index (χ4n) is 2.30. The van der Waals surface area contributed by atoms with Crippen molar-refractivity contribution in [1.29, 1.82) is 0 Å². The summed E-state index contributed by atoms with van der Waals surface area (Å²) < 4.78 is 13.7. The van der Waals surface area contributed by atoms with Gasteiger partial charge in [0.25, 0.3) is 0 Å². The molecule has 0 aliphatic rings. The largest absolute Gasteiger partial charge is 0.548 e. The molecule has 0 aliphatic heterocycles. The third kappa shape index (κ3) is 3.60. The number of aliphatic carboxylic acids is 1. The van der Waals surface area contributed by atoms with Gasteiger partial charge in [0.1, 0.15) is 5.82 Å². The van der Waals surface area contributed by atoms with Crippen LogP contribution in [0.5, 0.6) is 0 Å². The molecule has 0 amide bonds. The van der Waals surface area contributed by atoms with Gasteiger partial charge in [-0.15, -0.1) is 0 Å². The minimum Gasteiger partial charge on any atom is -0.548 e. The van der Waals surface area contributed by atoms with Crippen molar-refractivity contribution in [3.05, 3.63) is 73.4 Å². The van der Waals surface area contributed by atoms with E-state index in [1.807, 2.05) is 0 Å². The Labute approximate surface area is 129 Å². The maximum absolute atomic E-state index is 12.9.